The molecule has 2 N–H and O–H groups in total. The smallest absolute Gasteiger partial charge is 0.326 e. The van der Waals surface area contributed by atoms with Crippen LogP contribution in [0.4, 0.5) is 4.79 Å². The minimum Gasteiger partial charge on any atom is -0.387 e. The highest BCUT2D eigenvalue weighted by molar-refractivity contribution is 7.07. The van der Waals surface area contributed by atoms with Crippen molar-refractivity contribution in [1.82, 2.24) is 14.9 Å². The van der Waals surface area contributed by atoms with E-state index in [1.54, 1.807) is 6.20 Å². The molecule has 2 aromatic heterocycles. The fraction of sp³-hybridized carbons (Fsp3) is 0.200. The third-order valence-corrected chi connectivity index (χ3v) is 2.81. The molecule has 1 unspecified atom stereocenters. The van der Waals surface area contributed by atoms with Gasteiger partial charge in [0.05, 0.1) is 6.10 Å². The highest BCUT2D eigenvalue weighted by Gasteiger charge is 2.10. The Balaban J connectivity index is 1.86. The molecule has 2 rings (SSSR count). The van der Waals surface area contributed by atoms with Crippen molar-refractivity contribution >= 4 is 17.4 Å². The molecule has 1 amide bonds. The lowest BCUT2D eigenvalue weighted by atomic mass is 10.2. The Morgan fingerprint density at radius 3 is 3.19 bits per heavy atom. The van der Waals surface area contributed by atoms with Crippen LogP contribution in [-0.2, 0) is 0 Å². The number of thiophene rings is 1. The summed E-state index contributed by atoms with van der Waals surface area (Å²) in [5.74, 6) is 0. The zero-order valence-corrected chi connectivity index (χ0v) is 9.22. The van der Waals surface area contributed by atoms with E-state index in [1.165, 1.54) is 28.4 Å². The first-order valence-corrected chi connectivity index (χ1v) is 5.68. The van der Waals surface area contributed by atoms with Crippen molar-refractivity contribution < 1.29 is 9.90 Å². The number of imidazole rings is 1. The van der Waals surface area contributed by atoms with Crippen LogP contribution in [-0.4, -0.2) is 27.2 Å². The van der Waals surface area contributed by atoms with Gasteiger partial charge in [-0.2, -0.15) is 11.3 Å². The second kappa shape index (κ2) is 4.91. The molecule has 0 radical (unpaired) electrons. The molecule has 0 fully saturated rings. The lowest BCUT2D eigenvalue weighted by Crippen LogP contribution is -2.31. The Morgan fingerprint density at radius 1 is 1.69 bits per heavy atom. The number of rotatable bonds is 3. The number of hydrogen-bond donors (Lipinski definition) is 2. The maximum absolute atomic E-state index is 11.5. The van der Waals surface area contributed by atoms with E-state index in [-0.39, 0.29) is 12.6 Å². The molecule has 0 saturated heterocycles. The summed E-state index contributed by atoms with van der Waals surface area (Å²) in [6, 6.07) is 1.53. The number of hydrogen-bond acceptors (Lipinski definition) is 4. The lowest BCUT2D eigenvalue weighted by Gasteiger charge is -2.10. The summed E-state index contributed by atoms with van der Waals surface area (Å²) in [4.78, 5) is 15.2. The number of nitrogens with zero attached hydrogens (tertiary/aromatic N) is 2. The van der Waals surface area contributed by atoms with Crippen molar-refractivity contribution in [2.24, 2.45) is 0 Å². The monoisotopic (exact) mass is 237 g/mol. The average Bonchev–Trinajstić information content (AvgIpc) is 2.95. The molecule has 1 atom stereocenters. The fourth-order valence-electron chi connectivity index (χ4n) is 1.24. The first-order valence-electron chi connectivity index (χ1n) is 4.73. The maximum Gasteiger partial charge on any atom is 0.326 e. The standard InChI is InChI=1S/C10H11N3O2S/c14-9(8-1-4-16-6-8)5-12-10(15)13-3-2-11-7-13/h1-4,6-7,9,14H,5H2,(H,12,15). The molecular weight excluding hydrogens is 226 g/mol. The van der Waals surface area contributed by atoms with Crippen LogP contribution in [0.15, 0.2) is 35.5 Å². The molecule has 0 aliphatic rings. The first-order chi connectivity index (χ1) is 7.77. The van der Waals surface area contributed by atoms with E-state index < -0.39 is 6.10 Å². The molecule has 2 heterocycles. The van der Waals surface area contributed by atoms with Gasteiger partial charge < -0.3 is 10.4 Å². The van der Waals surface area contributed by atoms with Crippen molar-refractivity contribution in [3.63, 3.8) is 0 Å². The number of aromatic nitrogens is 2. The number of carbonyl (C=O) groups excluding carboxylic acids is 1. The van der Waals surface area contributed by atoms with Gasteiger partial charge in [-0.25, -0.2) is 9.78 Å². The Morgan fingerprint density at radius 2 is 2.56 bits per heavy atom. The Kier molecular flexibility index (Phi) is 3.33. The number of amides is 1. The SMILES string of the molecule is O=C(NCC(O)c1ccsc1)n1ccnc1. The maximum atomic E-state index is 11.5. The number of aliphatic hydroxyl groups is 1. The fourth-order valence-corrected chi connectivity index (χ4v) is 1.94. The second-order valence-electron chi connectivity index (χ2n) is 3.23. The largest absolute Gasteiger partial charge is 0.387 e. The van der Waals surface area contributed by atoms with Gasteiger partial charge in [-0.15, -0.1) is 0 Å². The minimum atomic E-state index is -0.668. The highest BCUT2D eigenvalue weighted by atomic mass is 32.1. The van der Waals surface area contributed by atoms with E-state index in [4.69, 9.17) is 0 Å². The van der Waals surface area contributed by atoms with Crippen molar-refractivity contribution in [2.45, 2.75) is 6.10 Å². The Hall–Kier alpha value is -1.66. The van der Waals surface area contributed by atoms with Gasteiger partial charge in [0, 0.05) is 18.9 Å². The van der Waals surface area contributed by atoms with Gasteiger partial charge in [0.1, 0.15) is 6.33 Å². The van der Waals surface area contributed by atoms with E-state index >= 15 is 0 Å². The van der Waals surface area contributed by atoms with Crippen LogP contribution in [0.1, 0.15) is 11.7 Å². The summed E-state index contributed by atoms with van der Waals surface area (Å²) in [7, 11) is 0. The summed E-state index contributed by atoms with van der Waals surface area (Å²) >= 11 is 1.51. The average molecular weight is 237 g/mol. The van der Waals surface area contributed by atoms with Gasteiger partial charge in [-0.05, 0) is 22.4 Å². The number of aliphatic hydroxyl groups excluding tert-OH is 1. The Labute approximate surface area is 96.4 Å². The highest BCUT2D eigenvalue weighted by Crippen LogP contribution is 2.14. The lowest BCUT2D eigenvalue weighted by molar-refractivity contribution is 0.174. The van der Waals surface area contributed by atoms with Crippen LogP contribution in [0.3, 0.4) is 0 Å². The normalized spacial score (nSPS) is 12.3. The third kappa shape index (κ3) is 2.47. The Bertz CT molecular complexity index is 439. The second-order valence-corrected chi connectivity index (χ2v) is 4.01. The number of carbonyl (C=O) groups is 1. The van der Waals surface area contributed by atoms with Crippen LogP contribution in [0, 0.1) is 0 Å². The molecule has 0 bridgehead atoms. The number of nitrogens with one attached hydrogen (secondary N) is 1. The van der Waals surface area contributed by atoms with Gasteiger partial charge >= 0.3 is 6.03 Å². The van der Waals surface area contributed by atoms with E-state index in [1.807, 2.05) is 16.8 Å². The van der Waals surface area contributed by atoms with Crippen molar-refractivity contribution in [3.05, 3.63) is 41.1 Å². The van der Waals surface area contributed by atoms with Crippen LogP contribution >= 0.6 is 11.3 Å². The van der Waals surface area contributed by atoms with Gasteiger partial charge in [-0.1, -0.05) is 0 Å². The van der Waals surface area contributed by atoms with Crippen LogP contribution in [0.5, 0.6) is 0 Å². The third-order valence-electron chi connectivity index (χ3n) is 2.11. The van der Waals surface area contributed by atoms with Gasteiger partial charge in [0.2, 0.25) is 0 Å². The molecule has 0 aliphatic heterocycles. The predicted molar refractivity (Wildman–Crippen MR) is 60.3 cm³/mol. The van der Waals surface area contributed by atoms with Crippen molar-refractivity contribution in [3.8, 4) is 0 Å². The van der Waals surface area contributed by atoms with Gasteiger partial charge in [0.25, 0.3) is 0 Å². The molecule has 0 aliphatic carbocycles. The zero-order chi connectivity index (χ0) is 11.4. The van der Waals surface area contributed by atoms with Crippen LogP contribution in [0.25, 0.3) is 0 Å². The summed E-state index contributed by atoms with van der Waals surface area (Å²) in [5, 5.41) is 16.1. The van der Waals surface area contributed by atoms with E-state index in [0.29, 0.717) is 0 Å². The van der Waals surface area contributed by atoms with Crippen molar-refractivity contribution in [2.75, 3.05) is 6.54 Å². The van der Waals surface area contributed by atoms with Gasteiger partial charge in [0.15, 0.2) is 0 Å². The summed E-state index contributed by atoms with van der Waals surface area (Å²) in [5.41, 5.74) is 0.816. The predicted octanol–water partition coefficient (Wildman–Crippen LogP) is 1.24. The van der Waals surface area contributed by atoms with Gasteiger partial charge in [-0.3, -0.25) is 4.57 Å². The summed E-state index contributed by atoms with van der Waals surface area (Å²) < 4.78 is 1.32. The zero-order valence-electron chi connectivity index (χ0n) is 8.41. The molecule has 0 saturated carbocycles. The van der Waals surface area contributed by atoms with Crippen molar-refractivity contribution in [1.29, 1.82) is 0 Å². The minimum absolute atomic E-state index is 0.188. The molecule has 16 heavy (non-hydrogen) atoms. The molecule has 6 heteroatoms. The molecule has 84 valence electrons. The van der Waals surface area contributed by atoms with Crippen LogP contribution < -0.4 is 5.32 Å². The van der Waals surface area contributed by atoms with E-state index in [2.05, 4.69) is 10.3 Å². The summed E-state index contributed by atoms with van der Waals surface area (Å²) in [6.45, 7) is 0.188. The summed E-state index contributed by atoms with van der Waals surface area (Å²) in [6.07, 6.45) is 3.81. The molecule has 0 aromatic carbocycles. The molecule has 2 aromatic rings. The van der Waals surface area contributed by atoms with Crippen LogP contribution in [0.2, 0.25) is 0 Å². The topological polar surface area (TPSA) is 67.2 Å². The molecule has 0 spiro atoms. The van der Waals surface area contributed by atoms with E-state index in [9.17, 15) is 9.90 Å². The molecular formula is C10H11N3O2S. The molecule has 5 nitrogen and oxygen atoms in total. The quantitative estimate of drug-likeness (QED) is 0.844. The van der Waals surface area contributed by atoms with E-state index in [0.717, 1.165) is 5.56 Å². The first kappa shape index (κ1) is 10.8.